The van der Waals surface area contributed by atoms with Crippen LogP contribution < -0.4 is 0 Å². The number of likely N-dealkylation sites (tertiary alicyclic amines) is 1. The van der Waals surface area contributed by atoms with Gasteiger partial charge in [0.05, 0.1) is 0 Å². The minimum Gasteiger partial charge on any atom is -0.339 e. The van der Waals surface area contributed by atoms with Crippen LogP contribution in [0, 0.1) is 0 Å². The molecule has 1 aromatic rings. The van der Waals surface area contributed by atoms with Gasteiger partial charge in [0.15, 0.2) is 5.78 Å². The fourth-order valence-electron chi connectivity index (χ4n) is 3.95. The first kappa shape index (κ1) is 20.5. The van der Waals surface area contributed by atoms with E-state index in [0.717, 1.165) is 19.6 Å². The maximum Gasteiger partial charge on any atom is 0.223 e. The number of ketones is 1. The number of piperazine rings is 1. The Bertz CT molecular complexity index is 663. The molecule has 0 aromatic heterocycles. The van der Waals surface area contributed by atoms with Crippen LogP contribution in [0.2, 0.25) is 0 Å². The predicted octanol–water partition coefficient (Wildman–Crippen LogP) is 2.20. The van der Waals surface area contributed by atoms with E-state index in [-0.39, 0.29) is 17.6 Å². The van der Waals surface area contributed by atoms with Crippen molar-refractivity contribution in [2.75, 3.05) is 45.8 Å². The summed E-state index contributed by atoms with van der Waals surface area (Å²) < 4.78 is 0. The van der Waals surface area contributed by atoms with Gasteiger partial charge in [-0.1, -0.05) is 30.3 Å². The Morgan fingerprint density at radius 2 is 1.29 bits per heavy atom. The average Bonchev–Trinajstić information content (AvgIpc) is 3.26. The molecule has 2 aliphatic heterocycles. The van der Waals surface area contributed by atoms with Gasteiger partial charge in [-0.3, -0.25) is 14.4 Å². The summed E-state index contributed by atoms with van der Waals surface area (Å²) >= 11 is 0. The van der Waals surface area contributed by atoms with Gasteiger partial charge < -0.3 is 14.7 Å². The van der Waals surface area contributed by atoms with Crippen LogP contribution in [0.3, 0.4) is 0 Å². The van der Waals surface area contributed by atoms with Crippen molar-refractivity contribution in [3.8, 4) is 0 Å². The first-order chi connectivity index (χ1) is 13.6. The molecule has 3 rings (SSSR count). The SMILES string of the molecule is O=C(CCCC(=O)N1CCN(C(=O)CCN2CCCC2)CC1)c1ccccc1. The minimum atomic E-state index is 0.0850. The van der Waals surface area contributed by atoms with Crippen LogP contribution in [-0.2, 0) is 9.59 Å². The molecule has 28 heavy (non-hydrogen) atoms. The fraction of sp³-hybridized carbons (Fsp3) is 0.591. The third kappa shape index (κ3) is 5.89. The molecule has 0 aliphatic carbocycles. The lowest BCUT2D eigenvalue weighted by Crippen LogP contribution is -2.51. The van der Waals surface area contributed by atoms with Crippen molar-refractivity contribution in [1.82, 2.24) is 14.7 Å². The van der Waals surface area contributed by atoms with Crippen molar-refractivity contribution in [3.05, 3.63) is 35.9 Å². The second kappa shape index (κ2) is 10.4. The maximum absolute atomic E-state index is 12.4. The van der Waals surface area contributed by atoms with E-state index < -0.39 is 0 Å². The molecule has 152 valence electrons. The number of carbonyl (C=O) groups is 3. The number of rotatable bonds is 8. The molecule has 2 fully saturated rings. The summed E-state index contributed by atoms with van der Waals surface area (Å²) in [5.41, 5.74) is 0.705. The monoisotopic (exact) mass is 385 g/mol. The second-order valence-electron chi connectivity index (χ2n) is 7.70. The Hall–Kier alpha value is -2.21. The highest BCUT2D eigenvalue weighted by Crippen LogP contribution is 2.12. The Morgan fingerprint density at radius 1 is 0.714 bits per heavy atom. The van der Waals surface area contributed by atoms with Gasteiger partial charge in [-0.25, -0.2) is 0 Å². The van der Waals surface area contributed by atoms with E-state index >= 15 is 0 Å². The number of Topliss-reactive ketones (excluding diaryl/α,β-unsaturated/α-hetero) is 1. The van der Waals surface area contributed by atoms with Gasteiger partial charge in [-0.15, -0.1) is 0 Å². The van der Waals surface area contributed by atoms with Gasteiger partial charge in [-0.05, 0) is 32.4 Å². The predicted molar refractivity (Wildman–Crippen MR) is 108 cm³/mol. The van der Waals surface area contributed by atoms with Crippen molar-refractivity contribution in [2.24, 2.45) is 0 Å². The zero-order valence-electron chi connectivity index (χ0n) is 16.6. The summed E-state index contributed by atoms with van der Waals surface area (Å²) in [6.45, 7) is 5.51. The van der Waals surface area contributed by atoms with E-state index in [9.17, 15) is 14.4 Å². The van der Waals surface area contributed by atoms with Crippen molar-refractivity contribution >= 4 is 17.6 Å². The number of amides is 2. The number of benzene rings is 1. The van der Waals surface area contributed by atoms with Crippen molar-refractivity contribution in [2.45, 2.75) is 38.5 Å². The lowest BCUT2D eigenvalue weighted by atomic mass is 10.1. The molecule has 2 aliphatic rings. The summed E-state index contributed by atoms with van der Waals surface area (Å²) in [6, 6.07) is 9.21. The maximum atomic E-state index is 12.4. The zero-order chi connectivity index (χ0) is 19.8. The smallest absolute Gasteiger partial charge is 0.223 e. The topological polar surface area (TPSA) is 60.9 Å². The van der Waals surface area contributed by atoms with E-state index in [1.807, 2.05) is 40.1 Å². The van der Waals surface area contributed by atoms with E-state index in [1.54, 1.807) is 0 Å². The van der Waals surface area contributed by atoms with Crippen LogP contribution in [0.4, 0.5) is 0 Å². The zero-order valence-corrected chi connectivity index (χ0v) is 16.6. The molecule has 0 bridgehead atoms. The molecule has 0 radical (unpaired) electrons. The van der Waals surface area contributed by atoms with Crippen LogP contribution >= 0.6 is 0 Å². The van der Waals surface area contributed by atoms with E-state index in [4.69, 9.17) is 0 Å². The minimum absolute atomic E-state index is 0.0850. The molecule has 0 atom stereocenters. The second-order valence-corrected chi connectivity index (χ2v) is 7.70. The largest absolute Gasteiger partial charge is 0.339 e. The lowest BCUT2D eigenvalue weighted by Gasteiger charge is -2.35. The fourth-order valence-corrected chi connectivity index (χ4v) is 3.95. The molecule has 2 heterocycles. The molecule has 6 heteroatoms. The van der Waals surface area contributed by atoms with Gasteiger partial charge in [0.2, 0.25) is 11.8 Å². The lowest BCUT2D eigenvalue weighted by molar-refractivity contribution is -0.139. The van der Waals surface area contributed by atoms with E-state index in [0.29, 0.717) is 57.4 Å². The average molecular weight is 386 g/mol. The van der Waals surface area contributed by atoms with Crippen LogP contribution in [0.25, 0.3) is 0 Å². The molecule has 2 amide bonds. The van der Waals surface area contributed by atoms with Crippen molar-refractivity contribution in [3.63, 3.8) is 0 Å². The highest BCUT2D eigenvalue weighted by molar-refractivity contribution is 5.96. The molecule has 0 N–H and O–H groups in total. The highest BCUT2D eigenvalue weighted by atomic mass is 16.2. The summed E-state index contributed by atoms with van der Waals surface area (Å²) in [7, 11) is 0. The highest BCUT2D eigenvalue weighted by Gasteiger charge is 2.24. The third-order valence-corrected chi connectivity index (χ3v) is 5.72. The van der Waals surface area contributed by atoms with Crippen molar-refractivity contribution in [1.29, 1.82) is 0 Å². The molecule has 6 nitrogen and oxygen atoms in total. The number of hydrogen-bond acceptors (Lipinski definition) is 4. The van der Waals surface area contributed by atoms with Gasteiger partial charge in [-0.2, -0.15) is 0 Å². The molecule has 2 saturated heterocycles. The van der Waals surface area contributed by atoms with Crippen LogP contribution in [0.1, 0.15) is 48.9 Å². The summed E-state index contributed by atoms with van der Waals surface area (Å²) in [6.07, 6.45) is 4.42. The molecule has 1 aromatic carbocycles. The van der Waals surface area contributed by atoms with Gasteiger partial charge in [0.25, 0.3) is 0 Å². The Kier molecular flexibility index (Phi) is 7.60. The Morgan fingerprint density at radius 3 is 1.89 bits per heavy atom. The van der Waals surface area contributed by atoms with Gasteiger partial charge in [0.1, 0.15) is 0 Å². The first-order valence-electron chi connectivity index (χ1n) is 10.5. The summed E-state index contributed by atoms with van der Waals surface area (Å²) in [4.78, 5) is 42.9. The summed E-state index contributed by atoms with van der Waals surface area (Å²) in [5, 5.41) is 0. The molecule has 0 saturated carbocycles. The van der Waals surface area contributed by atoms with Gasteiger partial charge >= 0.3 is 0 Å². The number of carbonyl (C=O) groups excluding carboxylic acids is 3. The normalized spacial score (nSPS) is 17.7. The van der Waals surface area contributed by atoms with Crippen LogP contribution in [0.5, 0.6) is 0 Å². The van der Waals surface area contributed by atoms with Crippen LogP contribution in [-0.4, -0.2) is 78.1 Å². The van der Waals surface area contributed by atoms with E-state index in [1.165, 1.54) is 12.8 Å². The standard InChI is InChI=1S/C22H31N3O3/c26-20(19-7-2-1-3-8-19)9-6-10-21(27)24-15-17-25(18-16-24)22(28)11-14-23-12-4-5-13-23/h1-3,7-8H,4-6,9-18H2. The molecular weight excluding hydrogens is 354 g/mol. The van der Waals surface area contributed by atoms with Crippen LogP contribution in [0.15, 0.2) is 30.3 Å². The molecule has 0 spiro atoms. The summed E-state index contributed by atoms with van der Waals surface area (Å²) in [5.74, 6) is 0.374. The molecule has 0 unspecified atom stereocenters. The molecular formula is C22H31N3O3. The number of nitrogens with zero attached hydrogens (tertiary/aromatic N) is 3. The Balaban J connectivity index is 1.32. The van der Waals surface area contributed by atoms with E-state index in [2.05, 4.69) is 4.90 Å². The third-order valence-electron chi connectivity index (χ3n) is 5.72. The Labute approximate surface area is 167 Å². The number of hydrogen-bond donors (Lipinski definition) is 0. The van der Waals surface area contributed by atoms with Crippen molar-refractivity contribution < 1.29 is 14.4 Å². The van der Waals surface area contributed by atoms with Gasteiger partial charge in [0, 0.05) is 57.5 Å². The quantitative estimate of drug-likeness (QED) is 0.644. The first-order valence-corrected chi connectivity index (χ1v) is 10.5.